The van der Waals surface area contributed by atoms with E-state index < -0.39 is 30.2 Å². The predicted molar refractivity (Wildman–Crippen MR) is 95.4 cm³/mol. The third-order valence-electron chi connectivity index (χ3n) is 5.71. The van der Waals surface area contributed by atoms with Gasteiger partial charge in [-0.2, -0.15) is 0 Å². The molecule has 0 aromatic rings. The Hall–Kier alpha value is -1.34. The largest absolute Gasteiger partial charge is 0.481 e. The second-order valence-corrected chi connectivity index (χ2v) is 7.72. The van der Waals surface area contributed by atoms with E-state index in [-0.39, 0.29) is 36.9 Å². The van der Waals surface area contributed by atoms with E-state index in [9.17, 15) is 23.5 Å². The van der Waals surface area contributed by atoms with E-state index in [0.29, 0.717) is 38.5 Å². The van der Waals surface area contributed by atoms with Crippen molar-refractivity contribution in [3.05, 3.63) is 12.2 Å². The Kier molecular flexibility index (Phi) is 7.51. The monoisotopic (exact) mass is 388 g/mol. The van der Waals surface area contributed by atoms with Crippen molar-refractivity contribution in [1.29, 1.82) is 0 Å². The number of aliphatic carboxylic acids is 1. The molecule has 0 radical (unpaired) electrons. The third-order valence-corrected chi connectivity index (χ3v) is 5.71. The number of hydrogen-bond acceptors (Lipinski definition) is 4. The molecular weight excluding hydrogens is 358 g/mol. The number of halogens is 2. The standard InChI is InChI=1S/C20H30F2O5/c1-2-3-11-19(21,22)20(26)12-10-15-14(16(23)13-17(15)27-20)8-6-4-5-7-9-18(24)25/h4,6,14-15,17,26H,2-3,5,7-13H2,1H3,(H,24,25)/t14-,15-,17-,20?/m1/s1. The molecule has 1 saturated carbocycles. The van der Waals surface area contributed by atoms with Gasteiger partial charge in [-0.1, -0.05) is 25.5 Å². The van der Waals surface area contributed by atoms with E-state index in [1.54, 1.807) is 0 Å². The number of rotatable bonds is 10. The lowest BCUT2D eigenvalue weighted by molar-refractivity contribution is -0.356. The second kappa shape index (κ2) is 9.24. The van der Waals surface area contributed by atoms with Gasteiger partial charge in [0.25, 0.3) is 0 Å². The molecule has 1 aliphatic heterocycles. The van der Waals surface area contributed by atoms with Gasteiger partial charge in [-0.15, -0.1) is 0 Å². The number of carbonyl (C=O) groups excluding carboxylic acids is 1. The van der Waals surface area contributed by atoms with Crippen molar-refractivity contribution in [3.8, 4) is 0 Å². The average molecular weight is 388 g/mol. The molecule has 2 aliphatic rings. The molecule has 27 heavy (non-hydrogen) atoms. The smallest absolute Gasteiger partial charge is 0.303 e. The summed E-state index contributed by atoms with van der Waals surface area (Å²) >= 11 is 0. The molecule has 2 rings (SSSR count). The lowest BCUT2D eigenvalue weighted by Crippen LogP contribution is -2.55. The van der Waals surface area contributed by atoms with Crippen molar-refractivity contribution in [3.63, 3.8) is 0 Å². The second-order valence-electron chi connectivity index (χ2n) is 7.72. The van der Waals surface area contributed by atoms with E-state index in [4.69, 9.17) is 9.84 Å². The van der Waals surface area contributed by atoms with E-state index in [0.717, 1.165) is 0 Å². The Labute approximate surface area is 158 Å². The zero-order valence-electron chi connectivity index (χ0n) is 15.8. The molecule has 1 heterocycles. The molecule has 0 aromatic carbocycles. The summed E-state index contributed by atoms with van der Waals surface area (Å²) in [6.07, 6.45) is 5.57. The minimum atomic E-state index is -3.32. The number of aliphatic hydroxyl groups is 1. The molecule has 0 amide bonds. The van der Waals surface area contributed by atoms with Gasteiger partial charge in [0.05, 0.1) is 6.10 Å². The molecule has 2 N–H and O–H groups in total. The van der Waals surface area contributed by atoms with Crippen molar-refractivity contribution in [2.24, 2.45) is 11.8 Å². The average Bonchev–Trinajstić information content (AvgIpc) is 2.90. The molecular formula is C20H30F2O5. The summed E-state index contributed by atoms with van der Waals surface area (Å²) < 4.78 is 34.2. The molecule has 1 saturated heterocycles. The number of ketones is 1. The van der Waals surface area contributed by atoms with Crippen LogP contribution in [0.5, 0.6) is 0 Å². The fourth-order valence-electron chi connectivity index (χ4n) is 4.09. The van der Waals surface area contributed by atoms with Crippen LogP contribution in [0.3, 0.4) is 0 Å². The summed E-state index contributed by atoms with van der Waals surface area (Å²) in [5.41, 5.74) is 0. The van der Waals surface area contributed by atoms with Crippen LogP contribution >= 0.6 is 0 Å². The molecule has 1 aliphatic carbocycles. The van der Waals surface area contributed by atoms with Crippen LogP contribution in [0.25, 0.3) is 0 Å². The quantitative estimate of drug-likeness (QED) is 0.435. The summed E-state index contributed by atoms with van der Waals surface area (Å²) in [6.45, 7) is 1.81. The summed E-state index contributed by atoms with van der Waals surface area (Å²) in [4.78, 5) is 22.8. The van der Waals surface area contributed by atoms with Crippen LogP contribution in [0.4, 0.5) is 8.78 Å². The van der Waals surface area contributed by atoms with Gasteiger partial charge in [0.1, 0.15) is 5.78 Å². The maximum Gasteiger partial charge on any atom is 0.303 e. The Bertz CT molecular complexity index is 563. The molecule has 0 aromatic heterocycles. The van der Waals surface area contributed by atoms with Crippen molar-refractivity contribution < 1.29 is 33.3 Å². The van der Waals surface area contributed by atoms with E-state index >= 15 is 0 Å². The van der Waals surface area contributed by atoms with Crippen LogP contribution in [0.2, 0.25) is 0 Å². The number of carbonyl (C=O) groups is 2. The third kappa shape index (κ3) is 5.35. The van der Waals surface area contributed by atoms with Gasteiger partial charge in [0.2, 0.25) is 5.79 Å². The van der Waals surface area contributed by atoms with Crippen LogP contribution in [0.1, 0.15) is 71.1 Å². The zero-order valence-corrected chi connectivity index (χ0v) is 15.8. The Morgan fingerprint density at radius 3 is 2.78 bits per heavy atom. The Morgan fingerprint density at radius 2 is 2.11 bits per heavy atom. The lowest BCUT2D eigenvalue weighted by atomic mass is 9.82. The van der Waals surface area contributed by atoms with Gasteiger partial charge >= 0.3 is 11.9 Å². The maximum atomic E-state index is 14.4. The normalized spacial score (nSPS) is 31.4. The van der Waals surface area contributed by atoms with Crippen LogP contribution < -0.4 is 0 Å². The number of alkyl halides is 2. The first-order valence-electron chi connectivity index (χ1n) is 9.87. The van der Waals surface area contributed by atoms with Crippen LogP contribution in [-0.4, -0.2) is 39.8 Å². The highest BCUT2D eigenvalue weighted by Crippen LogP contribution is 2.49. The number of Topliss-reactive ketones (excluding diaryl/α,β-unsaturated/α-hetero) is 1. The van der Waals surface area contributed by atoms with Crippen LogP contribution in [0, 0.1) is 11.8 Å². The number of fused-ring (bicyclic) bond motifs is 1. The molecule has 154 valence electrons. The molecule has 5 nitrogen and oxygen atoms in total. The van der Waals surface area contributed by atoms with E-state index in [1.165, 1.54) is 0 Å². The number of carboxylic acid groups (broad SMARTS) is 1. The summed E-state index contributed by atoms with van der Waals surface area (Å²) in [7, 11) is 0. The highest BCUT2D eigenvalue weighted by Gasteiger charge is 2.59. The Balaban J connectivity index is 1.90. The number of hydrogen-bond donors (Lipinski definition) is 2. The van der Waals surface area contributed by atoms with Gasteiger partial charge in [-0.05, 0) is 38.0 Å². The fraction of sp³-hybridized carbons (Fsp3) is 0.800. The lowest BCUT2D eigenvalue weighted by Gasteiger charge is -2.43. The first-order valence-corrected chi connectivity index (χ1v) is 9.87. The van der Waals surface area contributed by atoms with Crippen LogP contribution in [-0.2, 0) is 14.3 Å². The van der Waals surface area contributed by atoms with Gasteiger partial charge in [0.15, 0.2) is 0 Å². The highest BCUT2D eigenvalue weighted by molar-refractivity contribution is 5.84. The minimum Gasteiger partial charge on any atom is -0.481 e. The first-order chi connectivity index (χ1) is 12.7. The van der Waals surface area contributed by atoms with Gasteiger partial charge in [0, 0.05) is 31.6 Å². The summed E-state index contributed by atoms with van der Waals surface area (Å²) in [5, 5.41) is 19.0. The number of carboxylic acids is 1. The van der Waals surface area contributed by atoms with E-state index in [2.05, 4.69) is 0 Å². The van der Waals surface area contributed by atoms with Gasteiger partial charge in [-0.3, -0.25) is 9.59 Å². The van der Waals surface area contributed by atoms with Crippen molar-refractivity contribution in [2.75, 3.05) is 0 Å². The molecule has 2 fully saturated rings. The minimum absolute atomic E-state index is 0.0127. The predicted octanol–water partition coefficient (Wildman–Crippen LogP) is 4.09. The van der Waals surface area contributed by atoms with Crippen molar-refractivity contribution in [2.45, 2.75) is 88.9 Å². The van der Waals surface area contributed by atoms with E-state index in [1.807, 2.05) is 19.1 Å². The summed E-state index contributed by atoms with van der Waals surface area (Å²) in [6, 6.07) is 0. The zero-order chi connectivity index (χ0) is 20.1. The van der Waals surface area contributed by atoms with Gasteiger partial charge in [-0.25, -0.2) is 8.78 Å². The molecule has 4 atom stereocenters. The molecule has 7 heteroatoms. The molecule has 0 bridgehead atoms. The van der Waals surface area contributed by atoms with Gasteiger partial charge < -0.3 is 14.9 Å². The van der Waals surface area contributed by atoms with Crippen LogP contribution in [0.15, 0.2) is 12.2 Å². The topological polar surface area (TPSA) is 83.8 Å². The molecule has 0 spiro atoms. The fourth-order valence-corrected chi connectivity index (χ4v) is 4.09. The summed E-state index contributed by atoms with van der Waals surface area (Å²) in [5.74, 6) is -7.08. The van der Waals surface area contributed by atoms with Crippen molar-refractivity contribution in [1.82, 2.24) is 0 Å². The number of unbranched alkanes of at least 4 members (excludes halogenated alkanes) is 2. The first kappa shape index (κ1) is 22.0. The number of allylic oxidation sites excluding steroid dienone is 2. The SMILES string of the molecule is CCCCC(F)(F)C1(O)CC[C@H]2[C@@H](CC(=O)[C@@H]2CC=CCCCC(=O)O)O1. The van der Waals surface area contributed by atoms with Crippen molar-refractivity contribution >= 4 is 11.8 Å². The Morgan fingerprint density at radius 1 is 1.37 bits per heavy atom. The maximum absolute atomic E-state index is 14.4. The highest BCUT2D eigenvalue weighted by atomic mass is 19.3. The number of ether oxygens (including phenoxy) is 1. The molecule has 1 unspecified atom stereocenters.